The molecule has 7 heteroatoms. The van der Waals surface area contributed by atoms with Crippen LogP contribution in [0.15, 0.2) is 35.9 Å². The van der Waals surface area contributed by atoms with Gasteiger partial charge in [-0.2, -0.15) is 0 Å². The van der Waals surface area contributed by atoms with Crippen molar-refractivity contribution in [3.05, 3.63) is 41.5 Å². The SMILES string of the molecule is CC(=O)c1ccc(NC(=O)/C(C)=C\C(=O)NCCOCCO)cc1. The lowest BCUT2D eigenvalue weighted by Crippen LogP contribution is -2.27. The van der Waals surface area contributed by atoms with Gasteiger partial charge in [0, 0.05) is 29.4 Å². The van der Waals surface area contributed by atoms with Crippen molar-refractivity contribution in [3.8, 4) is 0 Å². The number of ether oxygens (including phenoxy) is 1. The number of Topliss-reactive ketones (excluding diaryl/α,β-unsaturated/α-hetero) is 1. The van der Waals surface area contributed by atoms with E-state index >= 15 is 0 Å². The summed E-state index contributed by atoms with van der Waals surface area (Å²) in [5, 5.41) is 13.8. The third-order valence-corrected chi connectivity index (χ3v) is 3.04. The van der Waals surface area contributed by atoms with Gasteiger partial charge in [0.05, 0.1) is 19.8 Å². The van der Waals surface area contributed by atoms with Gasteiger partial charge in [0.2, 0.25) is 5.91 Å². The molecule has 0 atom stereocenters. The number of aliphatic hydroxyl groups is 1. The monoisotopic (exact) mass is 334 g/mol. The van der Waals surface area contributed by atoms with E-state index < -0.39 is 11.8 Å². The largest absolute Gasteiger partial charge is 0.394 e. The van der Waals surface area contributed by atoms with Gasteiger partial charge in [0.25, 0.3) is 5.91 Å². The predicted molar refractivity (Wildman–Crippen MR) is 89.7 cm³/mol. The number of carbonyl (C=O) groups excluding carboxylic acids is 3. The maximum Gasteiger partial charge on any atom is 0.251 e. The molecule has 1 aromatic carbocycles. The van der Waals surface area contributed by atoms with Gasteiger partial charge in [-0.1, -0.05) is 0 Å². The Morgan fingerprint density at radius 1 is 1.12 bits per heavy atom. The topological polar surface area (TPSA) is 105 Å². The molecule has 2 amide bonds. The minimum atomic E-state index is -0.405. The van der Waals surface area contributed by atoms with E-state index in [9.17, 15) is 14.4 Å². The Morgan fingerprint density at radius 3 is 2.38 bits per heavy atom. The zero-order valence-electron chi connectivity index (χ0n) is 13.8. The van der Waals surface area contributed by atoms with Gasteiger partial charge in [-0.05, 0) is 38.1 Å². The Bertz CT molecular complexity index is 608. The van der Waals surface area contributed by atoms with Crippen LogP contribution in [0, 0.1) is 0 Å². The average Bonchev–Trinajstić information content (AvgIpc) is 2.55. The summed E-state index contributed by atoms with van der Waals surface area (Å²) in [5.41, 5.74) is 1.35. The first-order valence-electron chi connectivity index (χ1n) is 7.51. The van der Waals surface area contributed by atoms with Crippen molar-refractivity contribution in [1.29, 1.82) is 0 Å². The third-order valence-electron chi connectivity index (χ3n) is 3.04. The van der Waals surface area contributed by atoms with Crippen LogP contribution in [-0.2, 0) is 14.3 Å². The molecule has 0 unspecified atom stereocenters. The lowest BCUT2D eigenvalue weighted by molar-refractivity contribution is -0.117. The molecule has 0 saturated carbocycles. The molecule has 0 spiro atoms. The summed E-state index contributed by atoms with van der Waals surface area (Å²) in [7, 11) is 0. The normalized spacial score (nSPS) is 11.0. The van der Waals surface area contributed by atoms with Crippen molar-refractivity contribution in [2.24, 2.45) is 0 Å². The molecule has 0 bridgehead atoms. The van der Waals surface area contributed by atoms with Crippen molar-refractivity contribution in [3.63, 3.8) is 0 Å². The fraction of sp³-hybridized carbons (Fsp3) is 0.353. The quantitative estimate of drug-likeness (QED) is 0.353. The van der Waals surface area contributed by atoms with Crippen LogP contribution in [0.1, 0.15) is 24.2 Å². The number of carbonyl (C=O) groups is 3. The second-order valence-electron chi connectivity index (χ2n) is 5.04. The van der Waals surface area contributed by atoms with E-state index in [1.807, 2.05) is 0 Å². The van der Waals surface area contributed by atoms with E-state index in [2.05, 4.69) is 10.6 Å². The minimum Gasteiger partial charge on any atom is -0.394 e. The molecule has 24 heavy (non-hydrogen) atoms. The molecule has 0 aliphatic rings. The van der Waals surface area contributed by atoms with E-state index in [1.165, 1.54) is 19.9 Å². The number of hydrogen-bond acceptors (Lipinski definition) is 5. The second-order valence-corrected chi connectivity index (χ2v) is 5.04. The van der Waals surface area contributed by atoms with E-state index in [0.717, 1.165) is 0 Å². The van der Waals surface area contributed by atoms with Crippen LogP contribution in [0.2, 0.25) is 0 Å². The average molecular weight is 334 g/mol. The summed E-state index contributed by atoms with van der Waals surface area (Å²) >= 11 is 0. The smallest absolute Gasteiger partial charge is 0.251 e. The molecule has 0 radical (unpaired) electrons. The zero-order chi connectivity index (χ0) is 17.9. The first-order valence-corrected chi connectivity index (χ1v) is 7.51. The molecule has 130 valence electrons. The first kappa shape index (κ1) is 19.5. The molecule has 1 rings (SSSR count). The van der Waals surface area contributed by atoms with Gasteiger partial charge >= 0.3 is 0 Å². The van der Waals surface area contributed by atoms with E-state index in [4.69, 9.17) is 9.84 Å². The number of rotatable bonds is 9. The Hall–Kier alpha value is -2.51. The molecular formula is C17H22N2O5. The van der Waals surface area contributed by atoms with Crippen molar-refractivity contribution in [1.82, 2.24) is 5.32 Å². The van der Waals surface area contributed by atoms with E-state index in [0.29, 0.717) is 11.3 Å². The number of hydrogen-bond donors (Lipinski definition) is 3. The number of amides is 2. The van der Waals surface area contributed by atoms with E-state index in [-0.39, 0.29) is 37.7 Å². The van der Waals surface area contributed by atoms with Crippen LogP contribution < -0.4 is 10.6 Å². The van der Waals surface area contributed by atoms with Crippen LogP contribution >= 0.6 is 0 Å². The molecule has 0 aromatic heterocycles. The summed E-state index contributed by atoms with van der Waals surface area (Å²) in [4.78, 5) is 34.8. The molecule has 0 saturated heterocycles. The Balaban J connectivity index is 2.47. The molecule has 0 aliphatic carbocycles. The highest BCUT2D eigenvalue weighted by Gasteiger charge is 2.08. The Morgan fingerprint density at radius 2 is 1.79 bits per heavy atom. The maximum absolute atomic E-state index is 12.0. The number of anilines is 1. The first-order chi connectivity index (χ1) is 11.4. The summed E-state index contributed by atoms with van der Waals surface area (Å²) in [6.07, 6.45) is 1.20. The van der Waals surface area contributed by atoms with Crippen LogP contribution in [-0.4, -0.2) is 49.1 Å². The summed E-state index contributed by atoms with van der Waals surface area (Å²) in [5.74, 6) is -0.858. The summed E-state index contributed by atoms with van der Waals surface area (Å²) in [6, 6.07) is 6.49. The van der Waals surface area contributed by atoms with E-state index in [1.54, 1.807) is 24.3 Å². The second kappa shape index (κ2) is 10.3. The predicted octanol–water partition coefficient (Wildman–Crippen LogP) is 0.899. The highest BCUT2D eigenvalue weighted by molar-refractivity contribution is 6.07. The molecule has 0 heterocycles. The fourth-order valence-corrected chi connectivity index (χ4v) is 1.74. The lowest BCUT2D eigenvalue weighted by atomic mass is 10.1. The van der Waals surface area contributed by atoms with Gasteiger partial charge in [-0.15, -0.1) is 0 Å². The van der Waals surface area contributed by atoms with Gasteiger partial charge in [-0.3, -0.25) is 14.4 Å². The number of aliphatic hydroxyl groups excluding tert-OH is 1. The summed E-state index contributed by atoms with van der Waals surface area (Å²) in [6.45, 7) is 3.72. The van der Waals surface area contributed by atoms with Gasteiger partial charge < -0.3 is 20.5 Å². The minimum absolute atomic E-state index is 0.0522. The fourth-order valence-electron chi connectivity index (χ4n) is 1.74. The number of nitrogens with one attached hydrogen (secondary N) is 2. The highest BCUT2D eigenvalue weighted by atomic mass is 16.5. The van der Waals surface area contributed by atoms with Gasteiger partial charge in [0.1, 0.15) is 0 Å². The molecule has 0 aliphatic heterocycles. The maximum atomic E-state index is 12.0. The van der Waals surface area contributed by atoms with Crippen LogP contribution in [0.5, 0.6) is 0 Å². The summed E-state index contributed by atoms with van der Waals surface area (Å²) < 4.78 is 5.00. The zero-order valence-corrected chi connectivity index (χ0v) is 13.8. The molecular weight excluding hydrogens is 312 g/mol. The molecule has 0 fully saturated rings. The third kappa shape index (κ3) is 7.17. The van der Waals surface area contributed by atoms with Crippen molar-refractivity contribution in [2.75, 3.05) is 31.7 Å². The number of benzene rings is 1. The van der Waals surface area contributed by atoms with Crippen molar-refractivity contribution >= 4 is 23.3 Å². The Kier molecular flexibility index (Phi) is 8.38. The Labute approximate surface area is 140 Å². The number of ketones is 1. The van der Waals surface area contributed by atoms with Crippen LogP contribution in [0.3, 0.4) is 0 Å². The lowest BCUT2D eigenvalue weighted by Gasteiger charge is -2.07. The van der Waals surface area contributed by atoms with Crippen molar-refractivity contribution in [2.45, 2.75) is 13.8 Å². The molecule has 7 nitrogen and oxygen atoms in total. The van der Waals surface area contributed by atoms with Crippen molar-refractivity contribution < 1.29 is 24.2 Å². The van der Waals surface area contributed by atoms with Crippen LogP contribution in [0.4, 0.5) is 5.69 Å². The highest BCUT2D eigenvalue weighted by Crippen LogP contribution is 2.11. The van der Waals surface area contributed by atoms with Crippen LogP contribution in [0.25, 0.3) is 0 Å². The van der Waals surface area contributed by atoms with Gasteiger partial charge in [-0.25, -0.2) is 0 Å². The molecule has 3 N–H and O–H groups in total. The standard InChI is InChI=1S/C17H22N2O5/c1-12(11-16(22)18-7-9-24-10-8-20)17(23)19-15-5-3-14(4-6-15)13(2)21/h3-6,11,20H,7-10H2,1-2H3,(H,18,22)(H,19,23)/b12-11-. The molecule has 1 aromatic rings. The van der Waals surface area contributed by atoms with Gasteiger partial charge in [0.15, 0.2) is 5.78 Å².